The lowest BCUT2D eigenvalue weighted by Crippen LogP contribution is -2.42. The lowest BCUT2D eigenvalue weighted by molar-refractivity contribution is 0.0922. The highest BCUT2D eigenvalue weighted by molar-refractivity contribution is 5.88. The molecular weight excluding hydrogens is 274 g/mol. The van der Waals surface area contributed by atoms with Gasteiger partial charge in [-0.2, -0.15) is 0 Å². The Morgan fingerprint density at radius 2 is 2.19 bits per heavy atom. The second kappa shape index (κ2) is 5.74. The number of anilines is 1. The molecule has 1 aliphatic heterocycles. The first-order valence-corrected chi connectivity index (χ1v) is 6.57. The van der Waals surface area contributed by atoms with Gasteiger partial charge in [0.25, 0.3) is 0 Å². The molecule has 2 amide bonds. The number of carbonyl (C=O) groups is 1. The van der Waals surface area contributed by atoms with Crippen molar-refractivity contribution in [2.75, 3.05) is 18.5 Å². The monoisotopic (exact) mass is 289 g/mol. The van der Waals surface area contributed by atoms with E-state index in [1.807, 2.05) is 24.3 Å². The fraction of sp³-hybridized carbons (Fsp3) is 0.286. The zero-order chi connectivity index (χ0) is 14.7. The SMILES string of the molecule is Cc1cc(NC(=O)NC[C@@H]2COc3ccccc3O2)no1. The Labute approximate surface area is 121 Å². The van der Waals surface area contributed by atoms with E-state index in [0.717, 1.165) is 5.75 Å². The van der Waals surface area contributed by atoms with Crippen LogP contribution in [0.15, 0.2) is 34.9 Å². The summed E-state index contributed by atoms with van der Waals surface area (Å²) in [7, 11) is 0. The van der Waals surface area contributed by atoms with Crippen LogP contribution in [0.3, 0.4) is 0 Å². The van der Waals surface area contributed by atoms with Crippen LogP contribution in [0.1, 0.15) is 5.76 Å². The molecule has 0 saturated carbocycles. The lowest BCUT2D eigenvalue weighted by atomic mass is 10.2. The molecule has 2 aromatic rings. The van der Waals surface area contributed by atoms with E-state index in [2.05, 4.69) is 15.8 Å². The summed E-state index contributed by atoms with van der Waals surface area (Å²) < 4.78 is 16.2. The molecular formula is C14H15N3O4. The van der Waals surface area contributed by atoms with Crippen LogP contribution in [-0.4, -0.2) is 30.4 Å². The molecule has 2 N–H and O–H groups in total. The van der Waals surface area contributed by atoms with Crippen molar-refractivity contribution in [3.8, 4) is 11.5 Å². The van der Waals surface area contributed by atoms with Crippen LogP contribution < -0.4 is 20.1 Å². The second-order valence-corrected chi connectivity index (χ2v) is 4.66. The first-order valence-electron chi connectivity index (χ1n) is 6.57. The zero-order valence-electron chi connectivity index (χ0n) is 11.5. The minimum Gasteiger partial charge on any atom is -0.486 e. The Kier molecular flexibility index (Phi) is 3.63. The van der Waals surface area contributed by atoms with Gasteiger partial charge < -0.3 is 19.3 Å². The van der Waals surface area contributed by atoms with Gasteiger partial charge in [0, 0.05) is 6.07 Å². The van der Waals surface area contributed by atoms with Crippen LogP contribution in [0, 0.1) is 6.92 Å². The van der Waals surface area contributed by atoms with E-state index in [1.54, 1.807) is 13.0 Å². The highest BCUT2D eigenvalue weighted by atomic mass is 16.6. The van der Waals surface area contributed by atoms with Crippen LogP contribution >= 0.6 is 0 Å². The predicted molar refractivity (Wildman–Crippen MR) is 74.6 cm³/mol. The van der Waals surface area contributed by atoms with Crippen molar-refractivity contribution < 1.29 is 18.8 Å². The number of nitrogens with zero attached hydrogens (tertiary/aromatic N) is 1. The molecule has 2 heterocycles. The molecule has 0 radical (unpaired) electrons. The molecule has 3 rings (SSSR count). The van der Waals surface area contributed by atoms with Crippen LogP contribution in [-0.2, 0) is 0 Å². The number of aromatic nitrogens is 1. The molecule has 1 aliphatic rings. The van der Waals surface area contributed by atoms with Crippen molar-refractivity contribution in [3.05, 3.63) is 36.1 Å². The number of rotatable bonds is 3. The summed E-state index contributed by atoms with van der Waals surface area (Å²) in [5.74, 6) is 2.40. The first kappa shape index (κ1) is 13.3. The highest BCUT2D eigenvalue weighted by Gasteiger charge is 2.21. The van der Waals surface area contributed by atoms with Gasteiger partial charge in [-0.15, -0.1) is 0 Å². The van der Waals surface area contributed by atoms with E-state index in [9.17, 15) is 4.79 Å². The van der Waals surface area contributed by atoms with Crippen LogP contribution in [0.4, 0.5) is 10.6 Å². The average Bonchev–Trinajstić information content (AvgIpc) is 2.90. The molecule has 0 fully saturated rings. The van der Waals surface area contributed by atoms with Crippen molar-refractivity contribution >= 4 is 11.8 Å². The molecule has 7 heteroatoms. The maximum absolute atomic E-state index is 11.7. The van der Waals surface area contributed by atoms with Gasteiger partial charge in [0.1, 0.15) is 12.4 Å². The Morgan fingerprint density at radius 3 is 2.95 bits per heavy atom. The number of ether oxygens (including phenoxy) is 2. The van der Waals surface area contributed by atoms with Gasteiger partial charge in [-0.05, 0) is 19.1 Å². The van der Waals surface area contributed by atoms with Gasteiger partial charge in [-0.1, -0.05) is 17.3 Å². The van der Waals surface area contributed by atoms with Crippen LogP contribution in [0.25, 0.3) is 0 Å². The molecule has 1 aromatic heterocycles. The summed E-state index contributed by atoms with van der Waals surface area (Å²) in [5, 5.41) is 8.95. The fourth-order valence-electron chi connectivity index (χ4n) is 1.96. The lowest BCUT2D eigenvalue weighted by Gasteiger charge is -2.26. The molecule has 21 heavy (non-hydrogen) atoms. The number of amides is 2. The minimum absolute atomic E-state index is 0.232. The van der Waals surface area contributed by atoms with Gasteiger partial charge in [0.2, 0.25) is 0 Å². The first-order chi connectivity index (χ1) is 10.2. The van der Waals surface area contributed by atoms with Crippen molar-refractivity contribution in [2.45, 2.75) is 13.0 Å². The maximum atomic E-state index is 11.7. The van der Waals surface area contributed by atoms with E-state index in [1.165, 1.54) is 0 Å². The van der Waals surface area contributed by atoms with Crippen LogP contribution in [0.5, 0.6) is 11.5 Å². The number of benzene rings is 1. The molecule has 0 aliphatic carbocycles. The molecule has 0 spiro atoms. The number of urea groups is 1. The highest BCUT2D eigenvalue weighted by Crippen LogP contribution is 2.30. The number of hydrogen-bond donors (Lipinski definition) is 2. The van der Waals surface area contributed by atoms with Crippen molar-refractivity contribution in [2.24, 2.45) is 0 Å². The third-order valence-electron chi connectivity index (χ3n) is 2.93. The summed E-state index contributed by atoms with van der Waals surface area (Å²) in [6.07, 6.45) is -0.232. The number of nitrogens with one attached hydrogen (secondary N) is 2. The summed E-state index contributed by atoms with van der Waals surface area (Å²) >= 11 is 0. The Hall–Kier alpha value is -2.70. The van der Waals surface area contributed by atoms with Gasteiger partial charge >= 0.3 is 6.03 Å². The average molecular weight is 289 g/mol. The standard InChI is InChI=1S/C14H15N3O4/c1-9-6-13(17-21-9)16-14(18)15-7-10-8-19-11-4-2-3-5-12(11)20-10/h2-6,10H,7-8H2,1H3,(H2,15,16,17,18)/t10-/m1/s1. The number of carbonyl (C=O) groups excluding carboxylic acids is 1. The van der Waals surface area contributed by atoms with Crippen LogP contribution in [0.2, 0.25) is 0 Å². The minimum atomic E-state index is -0.370. The maximum Gasteiger partial charge on any atom is 0.320 e. The van der Waals surface area contributed by atoms with Gasteiger partial charge in [-0.3, -0.25) is 5.32 Å². The van der Waals surface area contributed by atoms with Gasteiger partial charge in [-0.25, -0.2) is 4.79 Å². The Morgan fingerprint density at radius 1 is 1.38 bits per heavy atom. The quantitative estimate of drug-likeness (QED) is 0.902. The second-order valence-electron chi connectivity index (χ2n) is 4.66. The van der Waals surface area contributed by atoms with E-state index >= 15 is 0 Å². The molecule has 7 nitrogen and oxygen atoms in total. The topological polar surface area (TPSA) is 85.6 Å². The fourth-order valence-corrected chi connectivity index (χ4v) is 1.96. The molecule has 1 aromatic carbocycles. The van der Waals surface area contributed by atoms with Gasteiger partial charge in [0.05, 0.1) is 6.54 Å². The molecule has 0 unspecified atom stereocenters. The van der Waals surface area contributed by atoms with Crippen molar-refractivity contribution in [1.82, 2.24) is 10.5 Å². The van der Waals surface area contributed by atoms with Crippen molar-refractivity contribution in [1.29, 1.82) is 0 Å². The van der Waals surface area contributed by atoms with E-state index in [-0.39, 0.29) is 12.1 Å². The predicted octanol–water partition coefficient (Wildman–Crippen LogP) is 1.94. The Balaban J connectivity index is 1.49. The van der Waals surface area contributed by atoms with Gasteiger partial charge in [0.15, 0.2) is 23.4 Å². The summed E-state index contributed by atoms with van der Waals surface area (Å²) in [6.45, 7) is 2.47. The van der Waals surface area contributed by atoms with E-state index in [4.69, 9.17) is 14.0 Å². The van der Waals surface area contributed by atoms with Crippen molar-refractivity contribution in [3.63, 3.8) is 0 Å². The third-order valence-corrected chi connectivity index (χ3v) is 2.93. The third kappa shape index (κ3) is 3.25. The van der Waals surface area contributed by atoms with E-state index in [0.29, 0.717) is 30.5 Å². The zero-order valence-corrected chi connectivity index (χ0v) is 11.5. The summed E-state index contributed by atoms with van der Waals surface area (Å²) in [4.78, 5) is 11.7. The smallest absolute Gasteiger partial charge is 0.320 e. The normalized spacial score (nSPS) is 16.3. The summed E-state index contributed by atoms with van der Waals surface area (Å²) in [5.41, 5.74) is 0. The largest absolute Gasteiger partial charge is 0.486 e. The number of hydrogen-bond acceptors (Lipinski definition) is 5. The molecule has 0 saturated heterocycles. The number of fused-ring (bicyclic) bond motifs is 1. The molecule has 0 bridgehead atoms. The summed E-state index contributed by atoms with van der Waals surface area (Å²) in [6, 6.07) is 8.70. The molecule has 1 atom stereocenters. The molecule has 110 valence electrons. The Bertz CT molecular complexity index is 641. The van der Waals surface area contributed by atoms with E-state index < -0.39 is 0 Å². The number of aryl methyl sites for hydroxylation is 1. The number of para-hydroxylation sites is 2.